The second-order valence-electron chi connectivity index (χ2n) is 2.83. The molecule has 0 radical (unpaired) electrons. The molecule has 2 atom stereocenters. The normalized spacial score (nSPS) is 16.4. The van der Waals surface area contributed by atoms with Gasteiger partial charge in [0, 0.05) is 12.6 Å². The minimum absolute atomic E-state index is 0.0338. The van der Waals surface area contributed by atoms with Gasteiger partial charge in [-0.1, -0.05) is 0 Å². The first-order valence-electron chi connectivity index (χ1n) is 4.12. The largest absolute Gasteiger partial charge is 0.330 e. The summed E-state index contributed by atoms with van der Waals surface area (Å²) in [4.78, 5) is 0. The highest BCUT2D eigenvalue weighted by atomic mass is 14.7. The molecule has 68 valence electrons. The Hall–Kier alpha value is -0.160. The van der Waals surface area contributed by atoms with Gasteiger partial charge in [-0.2, -0.15) is 0 Å². The predicted molar refractivity (Wildman–Crippen MR) is 47.9 cm³/mol. The van der Waals surface area contributed by atoms with Crippen molar-refractivity contribution in [3.05, 3.63) is 0 Å². The van der Waals surface area contributed by atoms with Gasteiger partial charge in [0.05, 0.1) is 0 Å². The van der Waals surface area contributed by atoms with Gasteiger partial charge in [-0.15, -0.1) is 0 Å². The van der Waals surface area contributed by atoms with E-state index in [2.05, 4.69) is 0 Å². The van der Waals surface area contributed by atoms with Gasteiger partial charge in [-0.25, -0.2) is 0 Å². The number of hydrogen-bond donors (Lipinski definition) is 4. The average molecular weight is 160 g/mol. The number of hydrogen-bond acceptors (Lipinski definition) is 4. The van der Waals surface area contributed by atoms with Gasteiger partial charge < -0.3 is 22.9 Å². The van der Waals surface area contributed by atoms with Crippen molar-refractivity contribution in [3.63, 3.8) is 0 Å². The monoisotopic (exact) mass is 160 g/mol. The molecule has 0 aliphatic heterocycles. The summed E-state index contributed by atoms with van der Waals surface area (Å²) in [5, 5.41) is 0. The van der Waals surface area contributed by atoms with E-state index in [1.165, 1.54) is 0 Å². The van der Waals surface area contributed by atoms with E-state index < -0.39 is 0 Å². The molecule has 0 spiro atoms. The molecule has 0 fully saturated rings. The number of nitrogens with two attached hydrogens (primary N) is 4. The molecule has 0 saturated carbocycles. The fourth-order valence-corrected chi connectivity index (χ4v) is 1.08. The third kappa shape index (κ3) is 4.31. The Morgan fingerprint density at radius 1 is 1.00 bits per heavy atom. The van der Waals surface area contributed by atoms with Crippen LogP contribution in [0.5, 0.6) is 0 Å². The second kappa shape index (κ2) is 6.54. The van der Waals surface area contributed by atoms with Crippen molar-refractivity contribution in [2.45, 2.75) is 18.9 Å². The molecular formula is C7H20N4. The Morgan fingerprint density at radius 2 is 1.64 bits per heavy atom. The standard InChI is InChI=1S/C7H20N4/c8-3-1-2-6(4-9)7(11)5-10/h6-7H,1-5,8-11H2. The van der Waals surface area contributed by atoms with Gasteiger partial charge in [0.1, 0.15) is 0 Å². The minimum atomic E-state index is 0.0338. The molecule has 0 aromatic rings. The van der Waals surface area contributed by atoms with Crippen LogP contribution in [0.1, 0.15) is 12.8 Å². The van der Waals surface area contributed by atoms with E-state index >= 15 is 0 Å². The molecule has 0 aromatic carbocycles. The first-order chi connectivity index (χ1) is 5.26. The van der Waals surface area contributed by atoms with Gasteiger partial charge in [0.2, 0.25) is 0 Å². The van der Waals surface area contributed by atoms with Crippen LogP contribution in [0.3, 0.4) is 0 Å². The van der Waals surface area contributed by atoms with Gasteiger partial charge in [0.25, 0.3) is 0 Å². The quantitative estimate of drug-likeness (QED) is 0.383. The third-order valence-corrected chi connectivity index (χ3v) is 1.96. The molecule has 0 rings (SSSR count). The van der Waals surface area contributed by atoms with E-state index in [4.69, 9.17) is 22.9 Å². The van der Waals surface area contributed by atoms with E-state index in [0.29, 0.717) is 25.6 Å². The maximum absolute atomic E-state index is 5.72. The molecule has 0 bridgehead atoms. The van der Waals surface area contributed by atoms with Crippen molar-refractivity contribution in [2.24, 2.45) is 28.9 Å². The summed E-state index contributed by atoms with van der Waals surface area (Å²) < 4.78 is 0. The molecule has 0 heterocycles. The van der Waals surface area contributed by atoms with Crippen LogP contribution >= 0.6 is 0 Å². The zero-order valence-electron chi connectivity index (χ0n) is 7.00. The summed E-state index contributed by atoms with van der Waals surface area (Å²) in [7, 11) is 0. The number of rotatable bonds is 6. The predicted octanol–water partition coefficient (Wildman–Crippen LogP) is -1.41. The van der Waals surface area contributed by atoms with Crippen LogP contribution in [-0.2, 0) is 0 Å². The average Bonchev–Trinajstić information content (AvgIpc) is 2.05. The zero-order chi connectivity index (χ0) is 8.69. The van der Waals surface area contributed by atoms with Crippen molar-refractivity contribution in [2.75, 3.05) is 19.6 Å². The van der Waals surface area contributed by atoms with Gasteiger partial charge >= 0.3 is 0 Å². The lowest BCUT2D eigenvalue weighted by atomic mass is 9.95. The molecule has 4 heteroatoms. The summed E-state index contributed by atoms with van der Waals surface area (Å²) in [6.45, 7) is 1.82. The zero-order valence-corrected chi connectivity index (χ0v) is 7.00. The molecule has 0 aliphatic carbocycles. The summed E-state index contributed by atoms with van der Waals surface area (Å²) in [5.41, 5.74) is 22.0. The topological polar surface area (TPSA) is 104 Å². The van der Waals surface area contributed by atoms with Crippen molar-refractivity contribution in [1.29, 1.82) is 0 Å². The van der Waals surface area contributed by atoms with E-state index in [1.54, 1.807) is 0 Å². The van der Waals surface area contributed by atoms with Crippen LogP contribution in [0.4, 0.5) is 0 Å². The van der Waals surface area contributed by atoms with Gasteiger partial charge in [0.15, 0.2) is 0 Å². The highest BCUT2D eigenvalue weighted by molar-refractivity contribution is 4.74. The molecule has 2 unspecified atom stereocenters. The summed E-state index contributed by atoms with van der Waals surface area (Å²) in [6, 6.07) is 0.0338. The van der Waals surface area contributed by atoms with E-state index in [9.17, 15) is 0 Å². The highest BCUT2D eigenvalue weighted by Crippen LogP contribution is 2.06. The van der Waals surface area contributed by atoms with Crippen LogP contribution in [0, 0.1) is 5.92 Å². The molecule has 4 nitrogen and oxygen atoms in total. The van der Waals surface area contributed by atoms with E-state index in [-0.39, 0.29) is 6.04 Å². The minimum Gasteiger partial charge on any atom is -0.330 e. The Balaban J connectivity index is 3.56. The Bertz CT molecular complexity index is 86.5. The van der Waals surface area contributed by atoms with Crippen molar-refractivity contribution in [1.82, 2.24) is 0 Å². The second-order valence-corrected chi connectivity index (χ2v) is 2.83. The highest BCUT2D eigenvalue weighted by Gasteiger charge is 2.13. The van der Waals surface area contributed by atoms with Crippen LogP contribution in [-0.4, -0.2) is 25.7 Å². The molecule has 8 N–H and O–H groups in total. The fourth-order valence-electron chi connectivity index (χ4n) is 1.08. The molecule has 11 heavy (non-hydrogen) atoms. The summed E-state index contributed by atoms with van der Waals surface area (Å²) in [6.07, 6.45) is 1.97. The molecule has 0 aromatic heterocycles. The molecular weight excluding hydrogens is 140 g/mol. The SMILES string of the molecule is NCCCC(CN)C(N)CN. The lowest BCUT2D eigenvalue weighted by Crippen LogP contribution is -2.41. The lowest BCUT2D eigenvalue weighted by molar-refractivity contribution is 0.399. The van der Waals surface area contributed by atoms with Crippen LogP contribution in [0.2, 0.25) is 0 Å². The molecule has 0 amide bonds. The summed E-state index contributed by atoms with van der Waals surface area (Å²) in [5.74, 6) is 0.337. The van der Waals surface area contributed by atoms with Crippen LogP contribution < -0.4 is 22.9 Å². The van der Waals surface area contributed by atoms with Crippen LogP contribution in [0.25, 0.3) is 0 Å². The van der Waals surface area contributed by atoms with Gasteiger partial charge in [-0.3, -0.25) is 0 Å². The molecule has 0 aliphatic rings. The van der Waals surface area contributed by atoms with Crippen LogP contribution in [0.15, 0.2) is 0 Å². The van der Waals surface area contributed by atoms with Crippen molar-refractivity contribution in [3.8, 4) is 0 Å². The maximum atomic E-state index is 5.72. The smallest absolute Gasteiger partial charge is 0.0203 e. The molecule has 0 saturated heterocycles. The van der Waals surface area contributed by atoms with Gasteiger partial charge in [-0.05, 0) is 31.8 Å². The maximum Gasteiger partial charge on any atom is 0.0203 e. The fraction of sp³-hybridized carbons (Fsp3) is 1.00. The van der Waals surface area contributed by atoms with Crippen molar-refractivity contribution < 1.29 is 0 Å². The first kappa shape index (κ1) is 10.8. The van der Waals surface area contributed by atoms with E-state index in [0.717, 1.165) is 12.8 Å². The van der Waals surface area contributed by atoms with Crippen molar-refractivity contribution >= 4 is 0 Å². The summed E-state index contributed by atoms with van der Waals surface area (Å²) >= 11 is 0. The lowest BCUT2D eigenvalue weighted by Gasteiger charge is -2.20. The third-order valence-electron chi connectivity index (χ3n) is 1.96. The van der Waals surface area contributed by atoms with E-state index in [1.807, 2.05) is 0 Å². The Labute approximate surface area is 68.3 Å². The Morgan fingerprint density at radius 3 is 2.00 bits per heavy atom. The first-order valence-corrected chi connectivity index (χ1v) is 4.12. The Kier molecular flexibility index (Phi) is 6.45.